The van der Waals surface area contributed by atoms with Crippen LogP contribution in [0, 0.1) is 17.3 Å². The van der Waals surface area contributed by atoms with Crippen molar-refractivity contribution in [2.24, 2.45) is 17.3 Å². The van der Waals surface area contributed by atoms with Crippen LogP contribution in [0.1, 0.15) is 13.8 Å². The minimum atomic E-state index is 0.541. The Morgan fingerprint density at radius 1 is 1.40 bits per heavy atom. The predicted molar refractivity (Wildman–Crippen MR) is 38.4 cm³/mol. The second kappa shape index (κ2) is 1.55. The molecule has 2 fully saturated rings. The lowest BCUT2D eigenvalue weighted by atomic mass is 10.1. The van der Waals surface area contributed by atoms with Gasteiger partial charge in [-0.15, -0.1) is 0 Å². The van der Waals surface area contributed by atoms with Gasteiger partial charge in [-0.1, -0.05) is 13.8 Å². The molecular weight excluding hydrogens is 126 g/mol. The molecule has 2 atom stereocenters. The first kappa shape index (κ1) is 6.20. The first-order valence-corrected chi connectivity index (χ1v) is 3.85. The molecule has 1 aliphatic heterocycles. The van der Waals surface area contributed by atoms with Crippen molar-refractivity contribution in [3.8, 4) is 0 Å². The highest BCUT2D eigenvalue weighted by atomic mass is 16.1. The van der Waals surface area contributed by atoms with Gasteiger partial charge in [0.15, 0.2) is 0 Å². The average molecular weight is 139 g/mol. The number of hydrogen-bond acceptors (Lipinski definition) is 1. The molecule has 10 heavy (non-hydrogen) atoms. The molecule has 0 bridgehead atoms. The van der Waals surface area contributed by atoms with E-state index in [1.54, 1.807) is 0 Å². The van der Waals surface area contributed by atoms with Crippen molar-refractivity contribution in [3.63, 3.8) is 0 Å². The summed E-state index contributed by atoms with van der Waals surface area (Å²) in [6.45, 7) is 6.59. The van der Waals surface area contributed by atoms with Gasteiger partial charge < -0.3 is 4.90 Å². The maximum absolute atomic E-state index is 10.3. The van der Waals surface area contributed by atoms with Gasteiger partial charge in [-0.3, -0.25) is 4.79 Å². The number of fused-ring (bicyclic) bond motifs is 1. The Morgan fingerprint density at radius 2 is 1.90 bits per heavy atom. The van der Waals surface area contributed by atoms with E-state index in [0.717, 1.165) is 31.3 Å². The standard InChI is InChI=1S/C8H13NO/c1-8(2)6-3-9(5-10)4-7(6)8/h5-7H,3-4H2,1-2H3. The number of carbonyl (C=O) groups is 1. The van der Waals surface area contributed by atoms with E-state index in [9.17, 15) is 4.79 Å². The molecule has 1 saturated carbocycles. The second-order valence-corrected chi connectivity index (χ2v) is 4.09. The molecule has 56 valence electrons. The minimum absolute atomic E-state index is 0.541. The summed E-state index contributed by atoms with van der Waals surface area (Å²) >= 11 is 0. The van der Waals surface area contributed by atoms with Crippen molar-refractivity contribution in [2.45, 2.75) is 13.8 Å². The SMILES string of the molecule is CC1(C)C2CN(C=O)CC21. The highest BCUT2D eigenvalue weighted by molar-refractivity contribution is 5.49. The van der Waals surface area contributed by atoms with E-state index >= 15 is 0 Å². The molecule has 2 nitrogen and oxygen atoms in total. The van der Waals surface area contributed by atoms with E-state index in [-0.39, 0.29) is 0 Å². The van der Waals surface area contributed by atoms with Crippen molar-refractivity contribution in [1.29, 1.82) is 0 Å². The Kier molecular flexibility index (Phi) is 0.960. The molecule has 2 unspecified atom stereocenters. The molecule has 0 aromatic carbocycles. The van der Waals surface area contributed by atoms with Crippen LogP contribution < -0.4 is 0 Å². The first-order valence-electron chi connectivity index (χ1n) is 3.85. The third-order valence-electron chi connectivity index (χ3n) is 3.30. The molecule has 1 aliphatic carbocycles. The zero-order chi connectivity index (χ0) is 7.35. The fraction of sp³-hybridized carbons (Fsp3) is 0.875. The van der Waals surface area contributed by atoms with Crippen LogP contribution in [0.4, 0.5) is 0 Å². The van der Waals surface area contributed by atoms with Crippen molar-refractivity contribution in [1.82, 2.24) is 4.90 Å². The molecule has 0 spiro atoms. The molecule has 1 saturated heterocycles. The number of hydrogen-bond donors (Lipinski definition) is 0. The topological polar surface area (TPSA) is 20.3 Å². The Bertz CT molecular complexity index is 162. The Labute approximate surface area is 61.2 Å². The average Bonchev–Trinajstić information content (AvgIpc) is 2.37. The van der Waals surface area contributed by atoms with Gasteiger partial charge in [-0.05, 0) is 17.3 Å². The molecule has 0 aromatic heterocycles. The van der Waals surface area contributed by atoms with E-state index in [2.05, 4.69) is 13.8 Å². The lowest BCUT2D eigenvalue weighted by Crippen LogP contribution is -2.24. The largest absolute Gasteiger partial charge is 0.345 e. The van der Waals surface area contributed by atoms with Crippen LogP contribution in [0.2, 0.25) is 0 Å². The number of amides is 1. The number of nitrogens with zero attached hydrogens (tertiary/aromatic N) is 1. The summed E-state index contributed by atoms with van der Waals surface area (Å²) in [5.74, 6) is 1.61. The Hall–Kier alpha value is -0.530. The summed E-state index contributed by atoms with van der Waals surface area (Å²) in [5, 5.41) is 0. The number of piperidine rings is 1. The van der Waals surface area contributed by atoms with Crippen LogP contribution in [0.15, 0.2) is 0 Å². The lowest BCUT2D eigenvalue weighted by molar-refractivity contribution is -0.117. The van der Waals surface area contributed by atoms with E-state index in [1.807, 2.05) is 4.90 Å². The monoisotopic (exact) mass is 139 g/mol. The van der Waals surface area contributed by atoms with Crippen LogP contribution in [0.5, 0.6) is 0 Å². The smallest absolute Gasteiger partial charge is 0.209 e. The second-order valence-electron chi connectivity index (χ2n) is 4.09. The number of likely N-dealkylation sites (tertiary alicyclic amines) is 1. The molecule has 1 amide bonds. The lowest BCUT2D eigenvalue weighted by Gasteiger charge is -2.16. The molecule has 2 aliphatic rings. The van der Waals surface area contributed by atoms with Gasteiger partial charge in [0.1, 0.15) is 0 Å². The van der Waals surface area contributed by atoms with Gasteiger partial charge in [0.2, 0.25) is 6.41 Å². The quantitative estimate of drug-likeness (QED) is 0.490. The summed E-state index contributed by atoms with van der Waals surface area (Å²) in [6.07, 6.45) is 0.974. The Morgan fingerprint density at radius 3 is 2.30 bits per heavy atom. The van der Waals surface area contributed by atoms with Crippen LogP contribution in [0.25, 0.3) is 0 Å². The summed E-state index contributed by atoms with van der Waals surface area (Å²) in [6, 6.07) is 0. The zero-order valence-corrected chi connectivity index (χ0v) is 6.50. The molecule has 2 heteroatoms. The third-order valence-corrected chi connectivity index (χ3v) is 3.30. The van der Waals surface area contributed by atoms with Gasteiger partial charge in [-0.2, -0.15) is 0 Å². The van der Waals surface area contributed by atoms with E-state index in [4.69, 9.17) is 0 Å². The van der Waals surface area contributed by atoms with Crippen LogP contribution >= 0.6 is 0 Å². The summed E-state index contributed by atoms with van der Waals surface area (Å²) in [4.78, 5) is 12.2. The van der Waals surface area contributed by atoms with E-state index in [1.165, 1.54) is 0 Å². The summed E-state index contributed by atoms with van der Waals surface area (Å²) in [5.41, 5.74) is 0.541. The highest BCUT2D eigenvalue weighted by Gasteiger charge is 2.61. The fourth-order valence-electron chi connectivity index (χ4n) is 2.25. The molecule has 1 heterocycles. The zero-order valence-electron chi connectivity index (χ0n) is 6.50. The van der Waals surface area contributed by atoms with Crippen molar-refractivity contribution < 1.29 is 4.79 Å². The molecular formula is C8H13NO. The maximum Gasteiger partial charge on any atom is 0.209 e. The first-order chi connectivity index (χ1) is 4.66. The maximum atomic E-state index is 10.3. The number of rotatable bonds is 1. The fourth-order valence-corrected chi connectivity index (χ4v) is 2.25. The molecule has 2 rings (SSSR count). The van der Waals surface area contributed by atoms with Crippen molar-refractivity contribution >= 4 is 6.41 Å². The summed E-state index contributed by atoms with van der Waals surface area (Å²) < 4.78 is 0. The van der Waals surface area contributed by atoms with Gasteiger partial charge in [0, 0.05) is 13.1 Å². The predicted octanol–water partition coefficient (Wildman–Crippen LogP) is 0.731. The van der Waals surface area contributed by atoms with Crippen molar-refractivity contribution in [3.05, 3.63) is 0 Å². The van der Waals surface area contributed by atoms with Crippen molar-refractivity contribution in [2.75, 3.05) is 13.1 Å². The molecule has 0 radical (unpaired) electrons. The van der Waals surface area contributed by atoms with Gasteiger partial charge in [-0.25, -0.2) is 0 Å². The minimum Gasteiger partial charge on any atom is -0.345 e. The number of carbonyl (C=O) groups excluding carboxylic acids is 1. The molecule has 0 N–H and O–H groups in total. The van der Waals surface area contributed by atoms with Crippen LogP contribution in [0.3, 0.4) is 0 Å². The normalized spacial score (nSPS) is 41.2. The summed E-state index contributed by atoms with van der Waals surface area (Å²) in [7, 11) is 0. The van der Waals surface area contributed by atoms with Crippen LogP contribution in [-0.4, -0.2) is 24.4 Å². The Balaban J connectivity index is 2.01. The van der Waals surface area contributed by atoms with Crippen LogP contribution in [-0.2, 0) is 4.79 Å². The third kappa shape index (κ3) is 0.568. The highest BCUT2D eigenvalue weighted by Crippen LogP contribution is 2.61. The van der Waals surface area contributed by atoms with E-state index < -0.39 is 0 Å². The van der Waals surface area contributed by atoms with E-state index in [0.29, 0.717) is 5.41 Å². The van der Waals surface area contributed by atoms with Gasteiger partial charge in [0.05, 0.1) is 0 Å². The molecule has 0 aromatic rings. The van der Waals surface area contributed by atoms with Gasteiger partial charge >= 0.3 is 0 Å². The van der Waals surface area contributed by atoms with Gasteiger partial charge in [0.25, 0.3) is 0 Å².